The molecular weight excluding hydrogens is 286 g/mol. The van der Waals surface area contributed by atoms with Crippen molar-refractivity contribution in [3.63, 3.8) is 0 Å². The normalized spacial score (nSPS) is 16.0. The number of hydrogen-bond acceptors (Lipinski definition) is 4. The Kier molecular flexibility index (Phi) is 4.38. The number of sulfonamides is 1. The van der Waals surface area contributed by atoms with E-state index >= 15 is 0 Å². The van der Waals surface area contributed by atoms with Gasteiger partial charge in [-0.25, -0.2) is 17.9 Å². The van der Waals surface area contributed by atoms with Crippen LogP contribution in [0.4, 0.5) is 0 Å². The topological polar surface area (TPSA) is 83.5 Å². The second-order valence-electron chi connectivity index (χ2n) is 4.56. The van der Waals surface area contributed by atoms with Gasteiger partial charge < -0.3 is 5.11 Å². The van der Waals surface area contributed by atoms with E-state index in [1.807, 2.05) is 0 Å². The third-order valence-corrected chi connectivity index (χ3v) is 5.16. The molecule has 1 saturated carbocycles. The van der Waals surface area contributed by atoms with Crippen molar-refractivity contribution in [3.8, 4) is 0 Å². The fourth-order valence-electron chi connectivity index (χ4n) is 1.58. The van der Waals surface area contributed by atoms with Gasteiger partial charge >= 0.3 is 5.97 Å². The first-order valence-corrected chi connectivity index (χ1v) is 8.43. The minimum Gasteiger partial charge on any atom is -0.478 e. The van der Waals surface area contributed by atoms with Gasteiger partial charge in [0.15, 0.2) is 0 Å². The maximum atomic E-state index is 11.7. The minimum absolute atomic E-state index is 0.212. The maximum Gasteiger partial charge on any atom is 0.328 e. The van der Waals surface area contributed by atoms with Crippen LogP contribution in [0, 0.1) is 5.92 Å². The molecular formula is C12H15NO4S2. The lowest BCUT2D eigenvalue weighted by atomic mass is 10.3. The quantitative estimate of drug-likeness (QED) is 0.750. The van der Waals surface area contributed by atoms with Crippen LogP contribution in [0.15, 0.2) is 17.5 Å². The highest BCUT2D eigenvalue weighted by molar-refractivity contribution is 7.89. The van der Waals surface area contributed by atoms with Gasteiger partial charge in [-0.1, -0.05) is 0 Å². The van der Waals surface area contributed by atoms with E-state index in [1.165, 1.54) is 17.4 Å². The molecule has 2 N–H and O–H groups in total. The van der Waals surface area contributed by atoms with E-state index in [1.54, 1.807) is 11.4 Å². The van der Waals surface area contributed by atoms with Gasteiger partial charge in [0.05, 0.1) is 5.75 Å². The largest absolute Gasteiger partial charge is 0.478 e. The van der Waals surface area contributed by atoms with Crippen LogP contribution >= 0.6 is 11.3 Å². The molecule has 1 aliphatic carbocycles. The summed E-state index contributed by atoms with van der Waals surface area (Å²) in [4.78, 5) is 11.2. The van der Waals surface area contributed by atoms with Crippen molar-refractivity contribution in [1.29, 1.82) is 0 Å². The van der Waals surface area contributed by atoms with Gasteiger partial charge in [0.1, 0.15) is 0 Å². The van der Waals surface area contributed by atoms with Crippen LogP contribution in [0.25, 0.3) is 6.08 Å². The molecule has 0 saturated heterocycles. The zero-order valence-corrected chi connectivity index (χ0v) is 11.8. The van der Waals surface area contributed by atoms with Crippen LogP contribution in [0.5, 0.6) is 0 Å². The summed E-state index contributed by atoms with van der Waals surface area (Å²) in [6, 6.07) is 1.78. The summed E-state index contributed by atoms with van der Waals surface area (Å²) < 4.78 is 25.9. The van der Waals surface area contributed by atoms with Gasteiger partial charge in [-0.15, -0.1) is 11.3 Å². The first-order chi connectivity index (χ1) is 8.94. The molecule has 1 aromatic heterocycles. The molecule has 0 aromatic carbocycles. The predicted octanol–water partition coefficient (Wildman–Crippen LogP) is 1.68. The molecule has 2 rings (SSSR count). The van der Waals surface area contributed by atoms with Crippen molar-refractivity contribution < 1.29 is 18.3 Å². The average molecular weight is 301 g/mol. The molecule has 1 aliphatic rings. The van der Waals surface area contributed by atoms with E-state index in [2.05, 4.69) is 4.72 Å². The number of carbonyl (C=O) groups is 1. The van der Waals surface area contributed by atoms with Crippen LogP contribution in [-0.2, 0) is 21.4 Å². The van der Waals surface area contributed by atoms with Gasteiger partial charge in [-0.05, 0) is 41.8 Å². The predicted molar refractivity (Wildman–Crippen MR) is 74.3 cm³/mol. The van der Waals surface area contributed by atoms with Crippen molar-refractivity contribution in [2.75, 3.05) is 5.75 Å². The molecule has 1 fully saturated rings. The van der Waals surface area contributed by atoms with Crippen molar-refractivity contribution in [2.24, 2.45) is 5.92 Å². The van der Waals surface area contributed by atoms with E-state index in [0.29, 0.717) is 5.92 Å². The van der Waals surface area contributed by atoms with Gasteiger partial charge in [0.25, 0.3) is 0 Å². The Morgan fingerprint density at radius 3 is 2.89 bits per heavy atom. The second-order valence-corrected chi connectivity index (χ2v) is 7.41. The number of hydrogen-bond donors (Lipinski definition) is 2. The van der Waals surface area contributed by atoms with E-state index < -0.39 is 16.0 Å². The highest BCUT2D eigenvalue weighted by Gasteiger charge is 2.27. The summed E-state index contributed by atoms with van der Waals surface area (Å²) in [7, 11) is -3.19. The Labute approximate surface area is 116 Å². The summed E-state index contributed by atoms with van der Waals surface area (Å²) in [5, 5.41) is 10.3. The van der Waals surface area contributed by atoms with Crippen LogP contribution in [-0.4, -0.2) is 25.2 Å². The highest BCUT2D eigenvalue weighted by atomic mass is 32.2. The summed E-state index contributed by atoms with van der Waals surface area (Å²) >= 11 is 1.41. The third kappa shape index (κ3) is 5.14. The average Bonchev–Trinajstić information content (AvgIpc) is 3.00. The lowest BCUT2D eigenvalue weighted by Gasteiger charge is -2.03. The molecule has 104 valence electrons. The first kappa shape index (κ1) is 14.2. The molecule has 0 aliphatic heterocycles. The summed E-state index contributed by atoms with van der Waals surface area (Å²) in [6.45, 7) is 0.265. The van der Waals surface area contributed by atoms with E-state index in [9.17, 15) is 13.2 Å². The fraction of sp³-hybridized carbons (Fsp3) is 0.417. The smallest absolute Gasteiger partial charge is 0.328 e. The van der Waals surface area contributed by atoms with E-state index in [4.69, 9.17) is 5.11 Å². The van der Waals surface area contributed by atoms with Crippen LogP contribution < -0.4 is 4.72 Å². The molecule has 0 spiro atoms. The second kappa shape index (κ2) is 5.85. The van der Waals surface area contributed by atoms with Gasteiger partial charge in [-0.3, -0.25) is 0 Å². The molecule has 5 nitrogen and oxygen atoms in total. The molecule has 19 heavy (non-hydrogen) atoms. The van der Waals surface area contributed by atoms with Crippen LogP contribution in [0.2, 0.25) is 0 Å². The van der Waals surface area contributed by atoms with Crippen molar-refractivity contribution in [3.05, 3.63) is 28.0 Å². The van der Waals surface area contributed by atoms with Crippen molar-refractivity contribution in [1.82, 2.24) is 4.72 Å². The Morgan fingerprint density at radius 1 is 1.53 bits per heavy atom. The lowest BCUT2D eigenvalue weighted by molar-refractivity contribution is -0.131. The number of carboxylic acid groups (broad SMARTS) is 1. The van der Waals surface area contributed by atoms with Gasteiger partial charge in [0, 0.05) is 17.5 Å². The van der Waals surface area contributed by atoms with Crippen molar-refractivity contribution >= 4 is 33.4 Å². The number of thiophene rings is 1. The summed E-state index contributed by atoms with van der Waals surface area (Å²) in [5.74, 6) is -0.461. The number of nitrogens with one attached hydrogen (secondary N) is 1. The Hall–Kier alpha value is -1.18. The van der Waals surface area contributed by atoms with Crippen molar-refractivity contribution in [2.45, 2.75) is 19.4 Å². The SMILES string of the molecule is O=C(O)C=Cc1csc(CNS(=O)(=O)CC2CC2)c1. The number of rotatable bonds is 7. The summed E-state index contributed by atoms with van der Waals surface area (Å²) in [6.07, 6.45) is 4.55. The molecule has 1 heterocycles. The van der Waals surface area contributed by atoms with Gasteiger partial charge in [-0.2, -0.15) is 0 Å². The van der Waals surface area contributed by atoms with Gasteiger partial charge in [0.2, 0.25) is 10.0 Å². The standard InChI is InChI=1S/C12H15NO4S2/c14-12(15)4-3-10-5-11(18-7-10)6-13-19(16,17)8-9-1-2-9/h3-5,7,9,13H,1-2,6,8H2,(H,14,15). The minimum atomic E-state index is -3.19. The Balaban J connectivity index is 1.87. The molecule has 0 atom stereocenters. The molecule has 0 unspecified atom stereocenters. The maximum absolute atomic E-state index is 11.7. The monoisotopic (exact) mass is 301 g/mol. The van der Waals surface area contributed by atoms with Crippen LogP contribution in [0.3, 0.4) is 0 Å². The zero-order chi connectivity index (χ0) is 13.9. The molecule has 0 radical (unpaired) electrons. The molecule has 1 aromatic rings. The van der Waals surface area contributed by atoms with Crippen LogP contribution in [0.1, 0.15) is 23.3 Å². The van der Waals surface area contributed by atoms with E-state index in [0.717, 1.165) is 29.4 Å². The molecule has 0 bridgehead atoms. The Morgan fingerprint density at radius 2 is 2.26 bits per heavy atom. The fourth-order valence-corrected chi connectivity index (χ4v) is 3.91. The Bertz CT molecular complexity index is 585. The lowest BCUT2D eigenvalue weighted by Crippen LogP contribution is -2.26. The highest BCUT2D eigenvalue weighted by Crippen LogP contribution is 2.30. The number of carboxylic acids is 1. The third-order valence-electron chi connectivity index (χ3n) is 2.71. The molecule has 0 amide bonds. The zero-order valence-electron chi connectivity index (χ0n) is 10.2. The molecule has 7 heteroatoms. The first-order valence-electron chi connectivity index (χ1n) is 5.90. The number of aliphatic carboxylic acids is 1. The summed E-state index contributed by atoms with van der Waals surface area (Å²) in [5.41, 5.74) is 0.767. The van der Waals surface area contributed by atoms with E-state index in [-0.39, 0.29) is 12.3 Å².